The van der Waals surface area contributed by atoms with Gasteiger partial charge in [-0.25, -0.2) is 9.97 Å². The molecule has 28 heavy (non-hydrogen) atoms. The number of nitrogens with zero attached hydrogens (tertiary/aromatic N) is 3. The first-order chi connectivity index (χ1) is 13.3. The molecule has 154 valence electrons. The standard InChI is InChI=1S/C16H26N6O5P/c1-9(2)26-12(23)5-21-28(24)25-6-11-4-10(3)16(27-11)22-8-20-13-14(17)18-7-19-15(13)22/h7,9-11,16,20H,4-6,8H2,1-3H3,(H,21,24)(H2,17,18,19)/q+1. The number of carbonyl (C=O) groups excluding carboxylic acids is 1. The SMILES string of the molecule is CC(C)OC(=O)CN[P+](=O)OCC1CC(C)C(N2CNc3c(N)ncnc32)O1. The van der Waals surface area contributed by atoms with Gasteiger partial charge < -0.3 is 25.4 Å². The highest BCUT2D eigenvalue weighted by Gasteiger charge is 2.41. The monoisotopic (exact) mass is 413 g/mol. The zero-order valence-corrected chi connectivity index (χ0v) is 17.0. The molecule has 0 spiro atoms. The number of hydrogen-bond donors (Lipinski definition) is 3. The summed E-state index contributed by atoms with van der Waals surface area (Å²) >= 11 is 0. The third kappa shape index (κ3) is 4.85. The van der Waals surface area contributed by atoms with Gasteiger partial charge in [-0.1, -0.05) is 12.0 Å². The Morgan fingerprint density at radius 2 is 2.32 bits per heavy atom. The molecule has 2 aliphatic heterocycles. The van der Waals surface area contributed by atoms with E-state index in [1.165, 1.54) is 6.33 Å². The second-order valence-electron chi connectivity index (χ2n) is 7.05. The minimum absolute atomic E-state index is 0.155. The molecule has 0 aromatic carbocycles. The zero-order chi connectivity index (χ0) is 20.3. The van der Waals surface area contributed by atoms with Crippen molar-refractivity contribution < 1.29 is 23.4 Å². The van der Waals surface area contributed by atoms with Crippen molar-refractivity contribution in [2.75, 3.05) is 35.8 Å². The van der Waals surface area contributed by atoms with Crippen LogP contribution in [0.15, 0.2) is 6.33 Å². The summed E-state index contributed by atoms with van der Waals surface area (Å²) in [5, 5.41) is 5.70. The maximum absolute atomic E-state index is 11.9. The fourth-order valence-corrected chi connectivity index (χ4v) is 3.91. The van der Waals surface area contributed by atoms with E-state index in [4.69, 9.17) is 19.7 Å². The lowest BCUT2D eigenvalue weighted by Gasteiger charge is -2.27. The van der Waals surface area contributed by atoms with Gasteiger partial charge in [0.05, 0.1) is 18.9 Å². The average molecular weight is 413 g/mol. The molecule has 1 aromatic rings. The summed E-state index contributed by atoms with van der Waals surface area (Å²) < 4.78 is 28.3. The van der Waals surface area contributed by atoms with Crippen LogP contribution in [0.3, 0.4) is 0 Å². The number of rotatable bonds is 8. The molecule has 0 radical (unpaired) electrons. The fourth-order valence-electron chi connectivity index (χ4n) is 3.26. The van der Waals surface area contributed by atoms with Crippen LogP contribution in [-0.2, 0) is 23.4 Å². The maximum atomic E-state index is 11.9. The van der Waals surface area contributed by atoms with E-state index in [9.17, 15) is 9.36 Å². The first kappa shape index (κ1) is 20.7. The zero-order valence-electron chi connectivity index (χ0n) is 16.1. The number of nitrogens with two attached hydrogens (primary N) is 1. The summed E-state index contributed by atoms with van der Waals surface area (Å²) in [5.41, 5.74) is 6.59. The second kappa shape index (κ2) is 8.95. The second-order valence-corrected chi connectivity index (χ2v) is 8.14. The lowest BCUT2D eigenvalue weighted by molar-refractivity contribution is -0.145. The number of ether oxygens (including phenoxy) is 2. The number of nitrogen functional groups attached to an aromatic ring is 1. The predicted molar refractivity (Wildman–Crippen MR) is 103 cm³/mol. The number of fused-ring (bicyclic) bond motifs is 1. The summed E-state index contributed by atoms with van der Waals surface area (Å²) in [4.78, 5) is 21.7. The summed E-state index contributed by atoms with van der Waals surface area (Å²) in [7, 11) is -2.18. The summed E-state index contributed by atoms with van der Waals surface area (Å²) in [6.45, 7) is 6.08. The Kier molecular flexibility index (Phi) is 6.61. The number of hydrogen-bond acceptors (Lipinski definition) is 10. The first-order valence-electron chi connectivity index (χ1n) is 9.14. The smallest absolute Gasteiger partial charge is 0.462 e. The Morgan fingerprint density at radius 3 is 3.07 bits per heavy atom. The molecule has 1 fully saturated rings. The van der Waals surface area contributed by atoms with Crippen LogP contribution in [0.1, 0.15) is 27.2 Å². The molecule has 1 saturated heterocycles. The summed E-state index contributed by atoms with van der Waals surface area (Å²) in [6.07, 6.45) is 1.53. The van der Waals surface area contributed by atoms with E-state index in [1.807, 2.05) is 4.90 Å². The van der Waals surface area contributed by atoms with E-state index in [0.717, 1.165) is 6.42 Å². The van der Waals surface area contributed by atoms with E-state index in [1.54, 1.807) is 13.8 Å². The van der Waals surface area contributed by atoms with E-state index < -0.39 is 14.1 Å². The highest BCUT2D eigenvalue weighted by molar-refractivity contribution is 7.36. The summed E-state index contributed by atoms with van der Waals surface area (Å²) in [5.74, 6) is 0.845. The molecular formula is C16H26N6O5P+. The molecule has 3 heterocycles. The number of nitrogens with one attached hydrogen (secondary N) is 2. The largest absolute Gasteiger partial charge is 0.613 e. The molecular weight excluding hydrogens is 387 g/mol. The summed E-state index contributed by atoms with van der Waals surface area (Å²) in [6, 6.07) is 0. The topological polar surface area (TPSA) is 141 Å². The molecule has 11 nitrogen and oxygen atoms in total. The van der Waals surface area contributed by atoms with E-state index >= 15 is 0 Å². The van der Waals surface area contributed by atoms with Crippen molar-refractivity contribution in [1.82, 2.24) is 15.1 Å². The predicted octanol–water partition coefficient (Wildman–Crippen LogP) is 1.21. The minimum Gasteiger partial charge on any atom is -0.462 e. The highest BCUT2D eigenvalue weighted by atomic mass is 31.1. The van der Waals surface area contributed by atoms with Crippen LogP contribution in [0, 0.1) is 5.92 Å². The highest BCUT2D eigenvalue weighted by Crippen LogP contribution is 2.39. The Balaban J connectivity index is 1.47. The molecule has 4 atom stereocenters. The van der Waals surface area contributed by atoms with Gasteiger partial charge in [0, 0.05) is 5.92 Å². The molecule has 0 saturated carbocycles. The Labute approximate surface area is 164 Å². The Hall–Kier alpha value is -2.07. The molecule has 2 aliphatic rings. The van der Waals surface area contributed by atoms with Gasteiger partial charge in [-0.3, -0.25) is 4.79 Å². The van der Waals surface area contributed by atoms with Crippen LogP contribution in [0.5, 0.6) is 0 Å². The molecule has 0 aliphatic carbocycles. The van der Waals surface area contributed by atoms with Gasteiger partial charge in [0.25, 0.3) is 0 Å². The van der Waals surface area contributed by atoms with E-state index in [-0.39, 0.29) is 37.5 Å². The third-order valence-corrected chi connectivity index (χ3v) is 5.21. The van der Waals surface area contributed by atoms with Crippen LogP contribution >= 0.6 is 8.18 Å². The van der Waals surface area contributed by atoms with Gasteiger partial charge in [0.15, 0.2) is 11.6 Å². The molecule has 3 rings (SSSR count). The van der Waals surface area contributed by atoms with Crippen LogP contribution in [0.25, 0.3) is 0 Å². The van der Waals surface area contributed by atoms with Gasteiger partial charge in [-0.15, -0.1) is 4.52 Å². The van der Waals surface area contributed by atoms with Crippen molar-refractivity contribution in [3.63, 3.8) is 0 Å². The van der Waals surface area contributed by atoms with Gasteiger partial charge in [0.1, 0.15) is 31.4 Å². The van der Waals surface area contributed by atoms with E-state index in [0.29, 0.717) is 24.0 Å². The Bertz CT molecular complexity index is 735. The molecule has 0 amide bonds. The van der Waals surface area contributed by atoms with Gasteiger partial charge in [0.2, 0.25) is 0 Å². The number of anilines is 3. The fraction of sp³-hybridized carbons (Fsp3) is 0.688. The van der Waals surface area contributed by atoms with Crippen molar-refractivity contribution in [3.8, 4) is 0 Å². The van der Waals surface area contributed by atoms with Crippen molar-refractivity contribution in [2.24, 2.45) is 5.92 Å². The van der Waals surface area contributed by atoms with Crippen LogP contribution < -0.4 is 21.0 Å². The van der Waals surface area contributed by atoms with Gasteiger partial charge in [-0.2, -0.15) is 0 Å². The van der Waals surface area contributed by atoms with Crippen molar-refractivity contribution in [2.45, 2.75) is 45.6 Å². The van der Waals surface area contributed by atoms with Crippen LogP contribution in [0.4, 0.5) is 17.3 Å². The van der Waals surface area contributed by atoms with Crippen molar-refractivity contribution in [3.05, 3.63) is 6.33 Å². The van der Waals surface area contributed by atoms with E-state index in [2.05, 4.69) is 27.3 Å². The van der Waals surface area contributed by atoms with Crippen LogP contribution in [0.2, 0.25) is 0 Å². The minimum atomic E-state index is -2.18. The lowest BCUT2D eigenvalue weighted by atomic mass is 10.1. The molecule has 0 bridgehead atoms. The quantitative estimate of drug-likeness (QED) is 0.418. The first-order valence-corrected chi connectivity index (χ1v) is 10.3. The molecule has 12 heteroatoms. The van der Waals surface area contributed by atoms with Gasteiger partial charge in [-0.05, 0) is 24.8 Å². The lowest BCUT2D eigenvalue weighted by Crippen LogP contribution is -2.39. The number of carbonyl (C=O) groups is 1. The van der Waals surface area contributed by atoms with Crippen LogP contribution in [-0.4, -0.2) is 54.2 Å². The van der Waals surface area contributed by atoms with Crippen molar-refractivity contribution in [1.29, 1.82) is 0 Å². The normalized spacial score (nSPS) is 24.2. The van der Waals surface area contributed by atoms with Gasteiger partial charge >= 0.3 is 14.1 Å². The molecule has 4 unspecified atom stereocenters. The van der Waals surface area contributed by atoms with Crippen molar-refractivity contribution >= 4 is 31.5 Å². The Morgan fingerprint density at radius 1 is 1.54 bits per heavy atom. The maximum Gasteiger partial charge on any atom is 0.613 e. The molecule has 1 aromatic heterocycles. The number of esters is 1. The molecule has 4 N–H and O–H groups in total. The number of aromatic nitrogens is 2. The average Bonchev–Trinajstić information content (AvgIpc) is 3.21. The third-order valence-electron chi connectivity index (χ3n) is 4.41.